The lowest BCUT2D eigenvalue weighted by molar-refractivity contribution is 0.141. The fourth-order valence-corrected chi connectivity index (χ4v) is 1.52. The summed E-state index contributed by atoms with van der Waals surface area (Å²) < 4.78 is 10.9. The van der Waals surface area contributed by atoms with Gasteiger partial charge in [0, 0.05) is 13.2 Å². The van der Waals surface area contributed by atoms with Gasteiger partial charge < -0.3 is 9.47 Å². The van der Waals surface area contributed by atoms with Gasteiger partial charge in [-0.25, -0.2) is 0 Å². The Bertz CT molecular complexity index is 303. The molecule has 0 aromatic heterocycles. The van der Waals surface area contributed by atoms with Crippen molar-refractivity contribution in [2.45, 2.75) is 26.2 Å². The largest absolute Gasteiger partial charge is 0.494 e. The Balaban J connectivity index is 2.07. The van der Waals surface area contributed by atoms with E-state index in [1.54, 1.807) is 0 Å². The quantitative estimate of drug-likeness (QED) is 0.603. The smallest absolute Gasteiger partial charge is 0.119 e. The third kappa shape index (κ3) is 6.12. The molecule has 0 aliphatic rings. The molecule has 94 valence electrons. The normalized spacial score (nSPS) is 10.2. The fourth-order valence-electron chi connectivity index (χ4n) is 1.52. The van der Waals surface area contributed by atoms with Crippen LogP contribution in [0.4, 0.5) is 0 Å². The molecule has 0 fully saturated rings. The molecular weight excluding hydrogens is 212 g/mol. The molecule has 0 unspecified atom stereocenters. The van der Waals surface area contributed by atoms with Gasteiger partial charge in [-0.15, -0.1) is 0 Å². The summed E-state index contributed by atoms with van der Waals surface area (Å²) in [6.45, 7) is 8.20. The summed E-state index contributed by atoms with van der Waals surface area (Å²) in [5.74, 6) is 0.931. The topological polar surface area (TPSA) is 18.5 Å². The van der Waals surface area contributed by atoms with Gasteiger partial charge in [0.2, 0.25) is 0 Å². The second kappa shape index (κ2) is 8.82. The molecule has 17 heavy (non-hydrogen) atoms. The number of benzene rings is 1. The number of hydrogen-bond acceptors (Lipinski definition) is 2. The second-order valence-corrected chi connectivity index (χ2v) is 3.88. The van der Waals surface area contributed by atoms with E-state index >= 15 is 0 Å². The minimum Gasteiger partial charge on any atom is -0.494 e. The van der Waals surface area contributed by atoms with Crippen LogP contribution in [0.15, 0.2) is 30.8 Å². The molecular formula is C15H22O2. The maximum Gasteiger partial charge on any atom is 0.119 e. The van der Waals surface area contributed by atoms with Crippen LogP contribution >= 0.6 is 0 Å². The van der Waals surface area contributed by atoms with Crippen molar-refractivity contribution in [3.8, 4) is 5.75 Å². The van der Waals surface area contributed by atoms with Gasteiger partial charge in [-0.1, -0.05) is 24.8 Å². The summed E-state index contributed by atoms with van der Waals surface area (Å²) in [5.41, 5.74) is 1.12. The van der Waals surface area contributed by atoms with Crippen LogP contribution in [0.3, 0.4) is 0 Å². The number of hydrogen-bond donors (Lipinski definition) is 0. The zero-order valence-electron chi connectivity index (χ0n) is 10.7. The highest BCUT2D eigenvalue weighted by atomic mass is 16.5. The third-order valence-electron chi connectivity index (χ3n) is 2.52. The van der Waals surface area contributed by atoms with E-state index in [4.69, 9.17) is 9.47 Å². The zero-order valence-corrected chi connectivity index (χ0v) is 10.7. The van der Waals surface area contributed by atoms with Gasteiger partial charge >= 0.3 is 0 Å². The predicted octanol–water partition coefficient (Wildman–Crippen LogP) is 3.92. The maximum absolute atomic E-state index is 5.64. The maximum atomic E-state index is 5.64. The van der Waals surface area contributed by atoms with Crippen molar-refractivity contribution in [1.29, 1.82) is 0 Å². The molecule has 0 saturated carbocycles. The lowest BCUT2D eigenvalue weighted by atomic mass is 10.2. The van der Waals surface area contributed by atoms with Crippen LogP contribution in [0.1, 0.15) is 31.7 Å². The fraction of sp³-hybridized carbons (Fsp3) is 0.467. The van der Waals surface area contributed by atoms with Crippen molar-refractivity contribution in [3.63, 3.8) is 0 Å². The van der Waals surface area contributed by atoms with Crippen molar-refractivity contribution in [3.05, 3.63) is 36.4 Å². The Morgan fingerprint density at radius 1 is 1.06 bits per heavy atom. The summed E-state index contributed by atoms with van der Waals surface area (Å²) in [6, 6.07) is 7.99. The standard InChI is InChI=1S/C15H22O2/c1-3-14-8-10-15(11-9-14)17-13-7-5-6-12-16-4-2/h3,8-11H,1,4-7,12-13H2,2H3. The Hall–Kier alpha value is -1.28. The molecule has 1 aromatic carbocycles. The molecule has 0 atom stereocenters. The van der Waals surface area contributed by atoms with Gasteiger partial charge in [0.25, 0.3) is 0 Å². The van der Waals surface area contributed by atoms with Crippen LogP contribution in [-0.4, -0.2) is 19.8 Å². The van der Waals surface area contributed by atoms with E-state index < -0.39 is 0 Å². The van der Waals surface area contributed by atoms with Gasteiger partial charge in [-0.2, -0.15) is 0 Å². The molecule has 0 radical (unpaired) electrons. The van der Waals surface area contributed by atoms with Crippen molar-refractivity contribution < 1.29 is 9.47 Å². The van der Waals surface area contributed by atoms with Gasteiger partial charge in [0.15, 0.2) is 0 Å². The molecule has 1 aromatic rings. The highest BCUT2D eigenvalue weighted by molar-refractivity contribution is 5.48. The average Bonchev–Trinajstić information content (AvgIpc) is 2.38. The summed E-state index contributed by atoms with van der Waals surface area (Å²) >= 11 is 0. The van der Waals surface area contributed by atoms with Crippen LogP contribution in [0.2, 0.25) is 0 Å². The third-order valence-corrected chi connectivity index (χ3v) is 2.52. The van der Waals surface area contributed by atoms with Gasteiger partial charge in [0.05, 0.1) is 6.61 Å². The van der Waals surface area contributed by atoms with Crippen molar-refractivity contribution in [1.82, 2.24) is 0 Å². The van der Waals surface area contributed by atoms with E-state index in [9.17, 15) is 0 Å². The first-order valence-corrected chi connectivity index (χ1v) is 6.30. The molecule has 0 spiro atoms. The highest BCUT2D eigenvalue weighted by Gasteiger charge is 1.94. The second-order valence-electron chi connectivity index (χ2n) is 3.88. The van der Waals surface area contributed by atoms with E-state index in [1.165, 1.54) is 0 Å². The first kappa shape index (κ1) is 13.8. The van der Waals surface area contributed by atoms with Gasteiger partial charge in [0.1, 0.15) is 5.75 Å². The minimum absolute atomic E-state index is 0.777. The monoisotopic (exact) mass is 234 g/mol. The van der Waals surface area contributed by atoms with Crippen LogP contribution in [-0.2, 0) is 4.74 Å². The van der Waals surface area contributed by atoms with E-state index in [2.05, 4.69) is 6.58 Å². The molecule has 2 nitrogen and oxygen atoms in total. The van der Waals surface area contributed by atoms with Crippen molar-refractivity contribution in [2.75, 3.05) is 19.8 Å². The molecule has 0 amide bonds. The van der Waals surface area contributed by atoms with Crippen LogP contribution < -0.4 is 4.74 Å². The van der Waals surface area contributed by atoms with E-state index in [0.717, 1.165) is 50.4 Å². The van der Waals surface area contributed by atoms with Gasteiger partial charge in [-0.3, -0.25) is 0 Å². The van der Waals surface area contributed by atoms with Crippen LogP contribution in [0.25, 0.3) is 6.08 Å². The van der Waals surface area contributed by atoms with Crippen LogP contribution in [0, 0.1) is 0 Å². The predicted molar refractivity (Wildman–Crippen MR) is 72.4 cm³/mol. The Kier molecular flexibility index (Phi) is 7.15. The van der Waals surface area contributed by atoms with E-state index in [1.807, 2.05) is 37.3 Å². The van der Waals surface area contributed by atoms with Crippen molar-refractivity contribution >= 4 is 6.08 Å². The minimum atomic E-state index is 0.777. The first-order chi connectivity index (χ1) is 8.36. The molecule has 0 heterocycles. The summed E-state index contributed by atoms with van der Waals surface area (Å²) in [6.07, 6.45) is 5.19. The molecule has 2 heteroatoms. The number of unbranched alkanes of at least 4 members (excludes halogenated alkanes) is 2. The van der Waals surface area contributed by atoms with Crippen LogP contribution in [0.5, 0.6) is 5.75 Å². The Morgan fingerprint density at radius 3 is 2.41 bits per heavy atom. The summed E-state index contributed by atoms with van der Waals surface area (Å²) in [5, 5.41) is 0. The Labute approximate surface area is 104 Å². The molecule has 0 aliphatic carbocycles. The zero-order chi connectivity index (χ0) is 12.3. The molecule has 0 saturated heterocycles. The SMILES string of the molecule is C=Cc1ccc(OCCCCCOCC)cc1. The average molecular weight is 234 g/mol. The summed E-state index contributed by atoms with van der Waals surface area (Å²) in [7, 11) is 0. The van der Waals surface area contributed by atoms with Gasteiger partial charge in [-0.05, 0) is 43.9 Å². The van der Waals surface area contributed by atoms with Crippen molar-refractivity contribution in [2.24, 2.45) is 0 Å². The first-order valence-electron chi connectivity index (χ1n) is 6.30. The lowest BCUT2D eigenvalue weighted by Gasteiger charge is -2.06. The number of rotatable bonds is 9. The van der Waals surface area contributed by atoms with E-state index in [-0.39, 0.29) is 0 Å². The summed E-state index contributed by atoms with van der Waals surface area (Å²) in [4.78, 5) is 0. The highest BCUT2D eigenvalue weighted by Crippen LogP contribution is 2.13. The molecule has 1 rings (SSSR count). The number of ether oxygens (including phenoxy) is 2. The molecule has 0 bridgehead atoms. The Morgan fingerprint density at radius 2 is 1.76 bits per heavy atom. The van der Waals surface area contributed by atoms with E-state index in [0.29, 0.717) is 0 Å². The molecule has 0 aliphatic heterocycles. The molecule has 0 N–H and O–H groups in total. The lowest BCUT2D eigenvalue weighted by Crippen LogP contribution is -1.99.